The lowest BCUT2D eigenvalue weighted by Crippen LogP contribution is -2.58. The summed E-state index contributed by atoms with van der Waals surface area (Å²) < 4.78 is 10.7. The number of amides is 7. The second kappa shape index (κ2) is 41.4. The van der Waals surface area contributed by atoms with Crippen LogP contribution in [0.2, 0.25) is 0 Å². The molecule has 35 heteroatoms. The number of aromatic nitrogens is 6. The Labute approximate surface area is 698 Å². The zero-order valence-corrected chi connectivity index (χ0v) is 69.8. The molecule has 0 spiro atoms. The Kier molecular flexibility index (Phi) is 31.3. The molecule has 4 aromatic heterocycles. The normalized spacial score (nSPS) is 17.5. The van der Waals surface area contributed by atoms with Crippen LogP contribution in [0.1, 0.15) is 103 Å². The molecule has 0 unspecified atom stereocenters. The van der Waals surface area contributed by atoms with E-state index in [4.69, 9.17) is 31.8 Å². The number of nitrogens with one attached hydrogen (secondary N) is 5. The molecule has 16 N–H and O–H groups in total. The highest BCUT2D eigenvalue weighted by molar-refractivity contribution is 7.13. The first-order valence-electron chi connectivity index (χ1n) is 39.6. The van der Waals surface area contributed by atoms with Gasteiger partial charge in [-0.2, -0.15) is 0 Å². The lowest BCUT2D eigenvalue weighted by Gasteiger charge is -2.35. The SMILES string of the molecule is Cc1ncsc1-c1ccc(CNC(=O)[C@@H]2C[C@@H](O)CN2C(=O)[C@@H](NC(=O)COCCN)C(C)(C)C)cc1.Cc1ncsc1-c1ccc(CNC(=O)[C@@H]2C[C@@H](O)CN2C(=O)[C@@H](NC(=O)COCCNC(=O)C2CCN(c3cc(-c4ccccc4O)nnc3N)CC2)C(C)(C)C)cc1.Nc1nnc(-c2ccccc2O)cc1N1CCC(C(=O)O)CC1. The van der Waals surface area contributed by atoms with E-state index in [2.05, 4.69) is 61.8 Å². The Balaban J connectivity index is 0.000000210. The van der Waals surface area contributed by atoms with Gasteiger partial charge in [0, 0.05) is 95.3 Å². The minimum Gasteiger partial charge on any atom is -0.507 e. The van der Waals surface area contributed by atoms with Crippen LogP contribution in [0.15, 0.2) is 120 Å². The number of aliphatic carboxylic acids is 1. The fraction of sp³-hybridized carbons (Fsp3) is 0.452. The fourth-order valence-corrected chi connectivity index (χ4v) is 16.1. The van der Waals surface area contributed by atoms with Crippen molar-refractivity contribution in [2.45, 2.75) is 143 Å². The minimum absolute atomic E-state index is 0.0198. The van der Waals surface area contributed by atoms with Crippen molar-refractivity contribution in [3.8, 4) is 54.9 Å². The van der Waals surface area contributed by atoms with Crippen LogP contribution in [0, 0.1) is 36.5 Å². The highest BCUT2D eigenvalue weighted by Gasteiger charge is 2.47. The fourth-order valence-electron chi connectivity index (χ4n) is 14.5. The summed E-state index contributed by atoms with van der Waals surface area (Å²) in [5, 5.41) is 80.6. The molecule has 6 atom stereocenters. The first kappa shape index (κ1) is 90.0. The number of β-amino-alcohol motifs (C(OH)–C–C–N with tert-alkyl or cyclic N) is 2. The maximum atomic E-state index is 13.9. The molecule has 636 valence electrons. The Morgan fingerprint density at radius 2 is 0.933 bits per heavy atom. The van der Waals surface area contributed by atoms with Crippen molar-refractivity contribution < 1.29 is 73.4 Å². The number of carbonyl (C=O) groups is 8. The van der Waals surface area contributed by atoms with Crippen LogP contribution in [-0.4, -0.2) is 228 Å². The number of aryl methyl sites for hydroxylation is 2. The highest BCUT2D eigenvalue weighted by atomic mass is 32.1. The van der Waals surface area contributed by atoms with Crippen molar-refractivity contribution in [3.63, 3.8) is 0 Å². The summed E-state index contributed by atoms with van der Waals surface area (Å²) in [6.45, 7) is 17.9. The van der Waals surface area contributed by atoms with Crippen LogP contribution < -0.4 is 53.6 Å². The van der Waals surface area contributed by atoms with Gasteiger partial charge in [-0.15, -0.1) is 43.1 Å². The number of aliphatic hydroxyl groups excluding tert-OH is 2. The van der Waals surface area contributed by atoms with Crippen molar-refractivity contribution in [2.24, 2.45) is 28.4 Å². The maximum absolute atomic E-state index is 13.9. The van der Waals surface area contributed by atoms with Crippen LogP contribution >= 0.6 is 22.7 Å². The monoisotopic (exact) mass is 1670 g/mol. The number of piperidine rings is 2. The van der Waals surface area contributed by atoms with Gasteiger partial charge in [0.25, 0.3) is 0 Å². The molecular formula is C84H108N18O15S2. The summed E-state index contributed by atoms with van der Waals surface area (Å²) in [6, 6.07) is 29.4. The van der Waals surface area contributed by atoms with E-state index in [0.29, 0.717) is 85.9 Å². The van der Waals surface area contributed by atoms with Gasteiger partial charge < -0.3 is 98.4 Å². The molecule has 4 aromatic carbocycles. The number of para-hydroxylation sites is 2. The number of hydrogen-bond donors (Lipinski definition) is 13. The zero-order valence-electron chi connectivity index (χ0n) is 68.1. The number of nitrogen functional groups attached to an aromatic ring is 2. The van der Waals surface area contributed by atoms with E-state index in [-0.39, 0.29) is 125 Å². The number of phenolic OH excluding ortho intramolecular Hbond substituents is 2. The number of phenols is 2. The Bertz CT molecular complexity index is 4810. The standard InChI is InChI=1S/C42H53N9O7S.C26H37N5O5S.C16H18N4O3/c1-25-36(59-24-46-25)27-11-9-26(10-12-27)21-45-40(56)33-19-29(52)22-51(33)41(57)37(42(2,3)4)47-35(54)23-58-18-15-44-39(55)28-13-16-50(17-14-28)32-20-31(48-49-38(32)43)30-7-5-6-8-34(30)53;1-16-22(37-15-29-16)18-7-5-17(6-8-18)12-28-24(34)20-11-19(32)13-31(20)25(35)23(26(2,3)4)30-21(33)14-36-10-9-27;17-15-13(20-7-5-10(6-8-20)16(22)23)9-12(18-19-15)11-3-1-2-4-14(11)21/h5-12,20,24,28-29,33,37,52-53H,13-19,21-23H2,1-4H3,(H2,43,49)(H,44,55)(H,45,56)(H,47,54);5-8,15,19-20,23,32H,9-14,27H2,1-4H3,(H,28,34)(H,30,33);1-4,9-10,21H,5-8H2,(H2,17,19)(H,22,23)/t29-,33+,37-;19-,20+,23-;/m11./s1. The molecular weight excluding hydrogens is 1570 g/mol. The van der Waals surface area contributed by atoms with Gasteiger partial charge >= 0.3 is 5.97 Å². The van der Waals surface area contributed by atoms with Crippen molar-refractivity contribution >= 4 is 93.0 Å². The van der Waals surface area contributed by atoms with Crippen molar-refractivity contribution in [3.05, 3.63) is 143 Å². The molecule has 0 radical (unpaired) electrons. The Morgan fingerprint density at radius 1 is 0.538 bits per heavy atom. The third-order valence-corrected chi connectivity index (χ3v) is 23.0. The lowest BCUT2D eigenvalue weighted by molar-refractivity contribution is -0.144. The number of aromatic hydroxyl groups is 2. The average Bonchev–Trinajstić information content (AvgIpc) is 1.79. The number of ether oxygens (including phenoxy) is 2. The first-order valence-corrected chi connectivity index (χ1v) is 41.3. The molecule has 12 rings (SSSR count). The van der Waals surface area contributed by atoms with Gasteiger partial charge in [-0.25, -0.2) is 9.97 Å². The number of aliphatic hydroxyl groups is 2. The number of thiazole rings is 2. The summed E-state index contributed by atoms with van der Waals surface area (Å²) in [4.78, 5) is 121. The molecule has 0 aliphatic carbocycles. The van der Waals surface area contributed by atoms with Crippen LogP contribution in [0.25, 0.3) is 43.4 Å². The van der Waals surface area contributed by atoms with E-state index in [1.54, 1.807) is 82.8 Å². The van der Waals surface area contributed by atoms with Crippen molar-refractivity contribution in [1.82, 2.24) is 66.7 Å². The predicted molar refractivity (Wildman–Crippen MR) is 452 cm³/mol. The van der Waals surface area contributed by atoms with E-state index < -0.39 is 76.8 Å². The quantitative estimate of drug-likeness (QED) is 0.0264. The van der Waals surface area contributed by atoms with Gasteiger partial charge in [0.15, 0.2) is 11.6 Å². The summed E-state index contributed by atoms with van der Waals surface area (Å²) in [5.41, 5.74) is 29.2. The smallest absolute Gasteiger partial charge is 0.306 e. The number of carboxylic acids is 1. The largest absolute Gasteiger partial charge is 0.507 e. The second-order valence-electron chi connectivity index (χ2n) is 32.0. The molecule has 119 heavy (non-hydrogen) atoms. The van der Waals surface area contributed by atoms with Crippen molar-refractivity contribution in [2.75, 3.05) is 100 Å². The van der Waals surface area contributed by atoms with Gasteiger partial charge in [0.2, 0.25) is 41.4 Å². The molecule has 0 bridgehead atoms. The highest BCUT2D eigenvalue weighted by Crippen LogP contribution is 2.37. The van der Waals surface area contributed by atoms with Crippen molar-refractivity contribution in [1.29, 1.82) is 0 Å². The summed E-state index contributed by atoms with van der Waals surface area (Å²) in [7, 11) is 0. The molecule has 8 aromatic rings. The summed E-state index contributed by atoms with van der Waals surface area (Å²) in [6.07, 6.45) is 0.815. The molecule has 0 saturated carbocycles. The molecule has 4 saturated heterocycles. The predicted octanol–water partition coefficient (Wildman–Crippen LogP) is 5.96. The van der Waals surface area contributed by atoms with Gasteiger partial charge in [-0.3, -0.25) is 38.4 Å². The zero-order chi connectivity index (χ0) is 85.8. The molecule has 33 nitrogen and oxygen atoms in total. The topological polar surface area (TPSA) is 485 Å². The number of anilines is 4. The number of nitrogens with two attached hydrogens (primary N) is 3. The van der Waals surface area contributed by atoms with E-state index in [9.17, 15) is 58.8 Å². The Morgan fingerprint density at radius 3 is 1.30 bits per heavy atom. The average molecular weight is 1670 g/mol. The molecule has 7 amide bonds. The van der Waals surface area contributed by atoms with Crippen LogP contribution in [-0.2, 0) is 60.9 Å². The number of likely N-dealkylation sites (tertiary alicyclic amines) is 2. The van der Waals surface area contributed by atoms with Gasteiger partial charge in [-0.05, 0) is 109 Å². The summed E-state index contributed by atoms with van der Waals surface area (Å²) >= 11 is 3.14. The third kappa shape index (κ3) is 24.2. The van der Waals surface area contributed by atoms with Crippen LogP contribution in [0.3, 0.4) is 0 Å². The summed E-state index contributed by atoms with van der Waals surface area (Å²) in [5.74, 6) is -3.19. The van der Waals surface area contributed by atoms with E-state index in [0.717, 1.165) is 49.1 Å². The maximum Gasteiger partial charge on any atom is 0.306 e. The third-order valence-electron chi connectivity index (χ3n) is 21.1. The number of carbonyl (C=O) groups excluding carboxylic acids is 7. The number of hydrogen-bond acceptors (Lipinski definition) is 27. The molecule has 8 heterocycles. The van der Waals surface area contributed by atoms with Gasteiger partial charge in [-0.1, -0.05) is 114 Å². The molecule has 4 aliphatic heterocycles. The van der Waals surface area contributed by atoms with E-state index in [1.807, 2.05) is 120 Å². The molecule has 4 fully saturated rings. The van der Waals surface area contributed by atoms with Gasteiger partial charge in [0.05, 0.1) is 86.3 Å². The van der Waals surface area contributed by atoms with E-state index in [1.165, 1.54) is 9.80 Å². The number of benzene rings is 4. The van der Waals surface area contributed by atoms with Crippen LogP contribution in [0.5, 0.6) is 11.5 Å². The number of carboxylic acid groups (broad SMARTS) is 1. The van der Waals surface area contributed by atoms with E-state index >= 15 is 0 Å². The van der Waals surface area contributed by atoms with Gasteiger partial charge in [0.1, 0.15) is 48.9 Å². The second-order valence-corrected chi connectivity index (χ2v) is 33.7. The minimum atomic E-state index is -0.997. The number of rotatable bonds is 27. The molecule has 4 aliphatic rings. The number of nitrogens with zero attached hydrogens (tertiary/aromatic N) is 10. The van der Waals surface area contributed by atoms with Crippen LogP contribution in [0.4, 0.5) is 23.0 Å². The first-order chi connectivity index (χ1) is 56.8. The lowest BCUT2D eigenvalue weighted by atomic mass is 9.85. The Hall–Kier alpha value is -11.3.